The maximum Gasteiger partial charge on any atom is 0.124 e. The second-order valence-electron chi connectivity index (χ2n) is 7.60. The number of aryl methyl sites for hydroxylation is 1. The van der Waals surface area contributed by atoms with Crippen molar-refractivity contribution in [3.8, 4) is 0 Å². The number of likely N-dealkylation sites (tertiary alicyclic amines) is 1. The largest absolute Gasteiger partial charge is 0.391 e. The van der Waals surface area contributed by atoms with Gasteiger partial charge < -0.3 is 9.67 Å². The molecule has 1 aliphatic heterocycles. The molecule has 0 spiro atoms. The molecule has 0 radical (unpaired) electrons. The van der Waals surface area contributed by atoms with E-state index in [1.54, 1.807) is 0 Å². The fraction of sp³-hybridized carbons (Fsp3) is 0.455. The summed E-state index contributed by atoms with van der Waals surface area (Å²) in [5.41, 5.74) is 3.52. The van der Waals surface area contributed by atoms with Crippen LogP contribution in [-0.2, 0) is 19.5 Å². The van der Waals surface area contributed by atoms with Crippen molar-refractivity contribution in [2.45, 2.75) is 45.4 Å². The molecule has 142 valence electrons. The molecule has 27 heavy (non-hydrogen) atoms. The van der Waals surface area contributed by atoms with Crippen molar-refractivity contribution in [3.05, 3.63) is 60.2 Å². The van der Waals surface area contributed by atoms with E-state index in [-0.39, 0.29) is 12.0 Å². The van der Waals surface area contributed by atoms with Crippen LogP contribution in [0.4, 0.5) is 0 Å². The molecule has 3 heterocycles. The first-order valence-electron chi connectivity index (χ1n) is 9.98. The Morgan fingerprint density at radius 3 is 2.74 bits per heavy atom. The molecule has 5 heteroatoms. The van der Waals surface area contributed by atoms with Gasteiger partial charge in [-0.05, 0) is 42.7 Å². The van der Waals surface area contributed by atoms with Gasteiger partial charge in [-0.25, -0.2) is 4.98 Å². The zero-order chi connectivity index (χ0) is 18.6. The van der Waals surface area contributed by atoms with Crippen molar-refractivity contribution in [1.82, 2.24) is 19.4 Å². The Bertz CT molecular complexity index is 876. The van der Waals surface area contributed by atoms with Crippen LogP contribution in [0.5, 0.6) is 0 Å². The molecule has 3 aromatic rings. The highest BCUT2D eigenvalue weighted by molar-refractivity contribution is 5.75. The number of hydrogen-bond donors (Lipinski definition) is 1. The Morgan fingerprint density at radius 2 is 1.93 bits per heavy atom. The second kappa shape index (κ2) is 8.19. The molecular formula is C22H28N4O. The monoisotopic (exact) mass is 364 g/mol. The molecular weight excluding hydrogens is 336 g/mol. The van der Waals surface area contributed by atoms with Gasteiger partial charge in [0, 0.05) is 37.9 Å². The van der Waals surface area contributed by atoms with Crippen LogP contribution in [-0.4, -0.2) is 43.7 Å². The van der Waals surface area contributed by atoms with Crippen LogP contribution >= 0.6 is 0 Å². The summed E-state index contributed by atoms with van der Waals surface area (Å²) in [6, 6.07) is 12.5. The number of aliphatic hydroxyl groups is 1. The van der Waals surface area contributed by atoms with E-state index < -0.39 is 0 Å². The lowest BCUT2D eigenvalue weighted by molar-refractivity contribution is 0.140. The van der Waals surface area contributed by atoms with Crippen LogP contribution in [0.3, 0.4) is 0 Å². The number of aliphatic hydroxyl groups excluding tert-OH is 1. The predicted molar refractivity (Wildman–Crippen MR) is 107 cm³/mol. The highest BCUT2D eigenvalue weighted by Gasteiger charge is 2.32. The molecule has 1 aliphatic rings. The number of fused-ring (bicyclic) bond motifs is 1. The van der Waals surface area contributed by atoms with Crippen LogP contribution in [0.2, 0.25) is 0 Å². The van der Waals surface area contributed by atoms with E-state index in [4.69, 9.17) is 4.98 Å². The van der Waals surface area contributed by atoms with Crippen molar-refractivity contribution in [2.75, 3.05) is 13.1 Å². The first-order valence-corrected chi connectivity index (χ1v) is 9.98. The van der Waals surface area contributed by atoms with E-state index in [1.807, 2.05) is 30.6 Å². The van der Waals surface area contributed by atoms with E-state index in [1.165, 1.54) is 17.5 Å². The quantitative estimate of drug-likeness (QED) is 0.699. The van der Waals surface area contributed by atoms with Crippen molar-refractivity contribution < 1.29 is 5.11 Å². The molecule has 2 aromatic heterocycles. The number of rotatable bonds is 7. The minimum absolute atomic E-state index is 0.265. The van der Waals surface area contributed by atoms with Gasteiger partial charge in [-0.1, -0.05) is 25.5 Å². The Balaban J connectivity index is 1.49. The lowest BCUT2D eigenvalue weighted by Gasteiger charge is -2.17. The molecule has 1 aromatic carbocycles. The van der Waals surface area contributed by atoms with E-state index >= 15 is 0 Å². The fourth-order valence-corrected chi connectivity index (χ4v) is 4.10. The third-order valence-corrected chi connectivity index (χ3v) is 5.56. The van der Waals surface area contributed by atoms with Gasteiger partial charge in [-0.3, -0.25) is 9.88 Å². The van der Waals surface area contributed by atoms with Gasteiger partial charge in [-0.15, -0.1) is 0 Å². The maximum atomic E-state index is 10.6. The number of hydrogen-bond acceptors (Lipinski definition) is 4. The Labute approximate surface area is 160 Å². The van der Waals surface area contributed by atoms with Crippen LogP contribution < -0.4 is 0 Å². The third kappa shape index (κ3) is 4.04. The maximum absolute atomic E-state index is 10.6. The van der Waals surface area contributed by atoms with Gasteiger partial charge in [0.25, 0.3) is 0 Å². The molecule has 0 amide bonds. The summed E-state index contributed by atoms with van der Waals surface area (Å²) < 4.78 is 2.36. The number of benzene rings is 1. The summed E-state index contributed by atoms with van der Waals surface area (Å²) in [6.45, 7) is 5.64. The van der Waals surface area contributed by atoms with Crippen molar-refractivity contribution in [1.29, 1.82) is 0 Å². The molecule has 0 bridgehead atoms. The number of aromatic nitrogens is 3. The zero-order valence-corrected chi connectivity index (χ0v) is 16.0. The summed E-state index contributed by atoms with van der Waals surface area (Å²) in [6.07, 6.45) is 6.58. The van der Waals surface area contributed by atoms with Gasteiger partial charge in [0.15, 0.2) is 0 Å². The van der Waals surface area contributed by atoms with Gasteiger partial charge in [-0.2, -0.15) is 0 Å². The van der Waals surface area contributed by atoms with E-state index in [0.717, 1.165) is 43.8 Å². The number of nitrogens with zero attached hydrogens (tertiary/aromatic N) is 4. The van der Waals surface area contributed by atoms with Crippen LogP contribution in [0.25, 0.3) is 11.0 Å². The number of β-amino-alcohol motifs (C(OH)–C–C–N with tert-alkyl or cyclic N) is 1. The molecule has 4 rings (SSSR count). The molecule has 5 nitrogen and oxygen atoms in total. The number of imidazole rings is 1. The van der Waals surface area contributed by atoms with Gasteiger partial charge in [0.1, 0.15) is 5.82 Å². The summed E-state index contributed by atoms with van der Waals surface area (Å²) in [5.74, 6) is 1.38. The molecule has 1 fully saturated rings. The molecule has 0 saturated carbocycles. The van der Waals surface area contributed by atoms with E-state index in [0.29, 0.717) is 6.54 Å². The minimum atomic E-state index is -0.286. The molecule has 2 atom stereocenters. The lowest BCUT2D eigenvalue weighted by Crippen LogP contribution is -2.23. The van der Waals surface area contributed by atoms with Crippen LogP contribution in [0.1, 0.15) is 31.2 Å². The van der Waals surface area contributed by atoms with Crippen molar-refractivity contribution in [2.24, 2.45) is 5.92 Å². The average molecular weight is 364 g/mol. The molecule has 0 aliphatic carbocycles. The lowest BCUT2D eigenvalue weighted by atomic mass is 9.97. The molecule has 1 saturated heterocycles. The Kier molecular flexibility index (Phi) is 5.50. The van der Waals surface area contributed by atoms with Crippen LogP contribution in [0.15, 0.2) is 48.8 Å². The van der Waals surface area contributed by atoms with E-state index in [9.17, 15) is 5.11 Å². The Morgan fingerprint density at radius 1 is 1.11 bits per heavy atom. The summed E-state index contributed by atoms with van der Waals surface area (Å²) in [4.78, 5) is 11.3. The highest BCUT2D eigenvalue weighted by Crippen LogP contribution is 2.24. The standard InChI is InChI=1S/C22H28N4O/c1-2-3-12-26-20-7-5-4-6-19(20)24-22(26)16-25-14-18(21(27)15-25)13-17-8-10-23-11-9-17/h4-11,18,21,27H,2-3,12-16H2,1H3/t18-,21+/m1/s1. The topological polar surface area (TPSA) is 54.2 Å². The summed E-state index contributed by atoms with van der Waals surface area (Å²) in [7, 11) is 0. The third-order valence-electron chi connectivity index (χ3n) is 5.56. The van der Waals surface area contributed by atoms with E-state index in [2.05, 4.69) is 39.6 Å². The minimum Gasteiger partial charge on any atom is -0.391 e. The smallest absolute Gasteiger partial charge is 0.124 e. The number of unbranched alkanes of at least 4 members (excludes halogenated alkanes) is 1. The predicted octanol–water partition coefficient (Wildman–Crippen LogP) is 3.27. The Hall–Kier alpha value is -2.24. The zero-order valence-electron chi connectivity index (χ0n) is 16.0. The van der Waals surface area contributed by atoms with Crippen molar-refractivity contribution >= 4 is 11.0 Å². The SMILES string of the molecule is CCCCn1c(CN2C[C@@H](Cc3ccncc3)[C@@H](O)C2)nc2ccccc21. The average Bonchev–Trinajstić information content (AvgIpc) is 3.20. The second-order valence-corrected chi connectivity index (χ2v) is 7.60. The highest BCUT2D eigenvalue weighted by atomic mass is 16.3. The van der Waals surface area contributed by atoms with Gasteiger partial charge >= 0.3 is 0 Å². The first-order chi connectivity index (χ1) is 13.2. The molecule has 1 N–H and O–H groups in total. The first kappa shape index (κ1) is 18.1. The fourth-order valence-electron chi connectivity index (χ4n) is 4.10. The van der Waals surface area contributed by atoms with Crippen molar-refractivity contribution in [3.63, 3.8) is 0 Å². The normalized spacial score (nSPS) is 20.5. The summed E-state index contributed by atoms with van der Waals surface area (Å²) in [5, 5.41) is 10.6. The summed E-state index contributed by atoms with van der Waals surface area (Å²) >= 11 is 0. The number of para-hydroxylation sites is 2. The number of pyridine rings is 1. The van der Waals surface area contributed by atoms with Gasteiger partial charge in [0.2, 0.25) is 0 Å². The van der Waals surface area contributed by atoms with Crippen LogP contribution in [0, 0.1) is 5.92 Å². The van der Waals surface area contributed by atoms with Gasteiger partial charge in [0.05, 0.1) is 23.7 Å². The molecule has 0 unspecified atom stereocenters.